The molecule has 0 saturated carbocycles. The number of methoxy groups -OCH3 is 2. The topological polar surface area (TPSA) is 81.5 Å². The molecule has 1 aromatic heterocycles. The first-order valence-corrected chi connectivity index (χ1v) is 12.0. The number of amides is 1. The van der Waals surface area contributed by atoms with Crippen molar-refractivity contribution in [1.82, 2.24) is 9.80 Å². The van der Waals surface area contributed by atoms with Crippen LogP contribution in [-0.2, 0) is 4.74 Å². The van der Waals surface area contributed by atoms with Gasteiger partial charge in [0.25, 0.3) is 5.91 Å². The number of para-hydroxylation sites is 1. The van der Waals surface area contributed by atoms with Crippen LogP contribution in [0.2, 0.25) is 5.02 Å². The highest BCUT2D eigenvalue weighted by molar-refractivity contribution is 6.31. The van der Waals surface area contributed by atoms with Crippen LogP contribution in [0.15, 0.2) is 45.6 Å². The highest BCUT2D eigenvalue weighted by Gasteiger charge is 2.44. The molecule has 9 heteroatoms. The molecule has 1 saturated heterocycles. The third-order valence-electron chi connectivity index (χ3n) is 6.63. The average Bonchev–Trinajstić information content (AvgIpc) is 3.16. The molecule has 0 radical (unpaired) electrons. The van der Waals surface area contributed by atoms with Gasteiger partial charge in [-0.15, -0.1) is 0 Å². The molecule has 2 aromatic carbocycles. The largest absolute Gasteiger partial charge is 0.493 e. The predicted molar refractivity (Wildman–Crippen MR) is 132 cm³/mol. The SMILES string of the molecule is COc1cccc([C@@H]2c3c(oc4ccc(Cl)cc4c3=O)C(=O)N2CCCN2CCOCC2)c1OC. The molecular weight excluding hydrogens is 472 g/mol. The Kier molecular flexibility index (Phi) is 6.69. The summed E-state index contributed by atoms with van der Waals surface area (Å²) in [6.07, 6.45) is 0.738. The van der Waals surface area contributed by atoms with Crippen molar-refractivity contribution >= 4 is 28.5 Å². The van der Waals surface area contributed by atoms with Crippen LogP contribution in [0.5, 0.6) is 11.5 Å². The molecule has 35 heavy (non-hydrogen) atoms. The number of fused-ring (bicyclic) bond motifs is 2. The van der Waals surface area contributed by atoms with E-state index in [2.05, 4.69) is 4.90 Å². The third-order valence-corrected chi connectivity index (χ3v) is 6.87. The van der Waals surface area contributed by atoms with Crippen molar-refractivity contribution in [2.75, 3.05) is 53.6 Å². The summed E-state index contributed by atoms with van der Waals surface area (Å²) >= 11 is 6.17. The minimum absolute atomic E-state index is 0.0612. The van der Waals surface area contributed by atoms with E-state index in [4.69, 9.17) is 30.2 Å². The fourth-order valence-electron chi connectivity index (χ4n) is 4.96. The van der Waals surface area contributed by atoms with E-state index in [1.165, 1.54) is 0 Å². The minimum atomic E-state index is -0.674. The molecule has 0 aliphatic carbocycles. The van der Waals surface area contributed by atoms with Gasteiger partial charge in [0, 0.05) is 36.8 Å². The summed E-state index contributed by atoms with van der Waals surface area (Å²) in [5, 5.41) is 0.762. The lowest BCUT2D eigenvalue weighted by Gasteiger charge is -2.29. The molecule has 0 bridgehead atoms. The fraction of sp³-hybridized carbons (Fsp3) is 0.385. The van der Waals surface area contributed by atoms with Crippen molar-refractivity contribution in [3.8, 4) is 11.5 Å². The molecule has 2 aliphatic heterocycles. The molecule has 0 N–H and O–H groups in total. The molecule has 8 nitrogen and oxygen atoms in total. The number of carbonyl (C=O) groups is 1. The summed E-state index contributed by atoms with van der Waals surface area (Å²) < 4.78 is 22.6. The van der Waals surface area contributed by atoms with Gasteiger partial charge in [0.1, 0.15) is 5.58 Å². The Balaban J connectivity index is 1.60. The quantitative estimate of drug-likeness (QED) is 0.491. The van der Waals surface area contributed by atoms with E-state index in [-0.39, 0.29) is 17.1 Å². The molecule has 3 aromatic rings. The van der Waals surface area contributed by atoms with Crippen LogP contribution < -0.4 is 14.9 Å². The standard InChI is InChI=1S/C26H27ClN2O6/c1-32-20-6-3-5-17(24(20)33-2)22-21-23(30)18-15-16(27)7-8-19(18)35-25(21)26(31)29(22)10-4-9-28-11-13-34-14-12-28/h3,5-8,15,22H,4,9-14H2,1-2H3/t22-/m1/s1. The van der Waals surface area contributed by atoms with Crippen LogP contribution in [0.4, 0.5) is 0 Å². The zero-order chi connectivity index (χ0) is 24.5. The van der Waals surface area contributed by atoms with Gasteiger partial charge in [0.2, 0.25) is 5.76 Å². The number of carbonyl (C=O) groups excluding carboxylic acids is 1. The van der Waals surface area contributed by atoms with Crippen LogP contribution in [-0.4, -0.2) is 69.3 Å². The lowest BCUT2D eigenvalue weighted by molar-refractivity contribution is 0.0353. The number of hydrogen-bond donors (Lipinski definition) is 0. The number of rotatable bonds is 7. The number of halogens is 1. The molecule has 0 unspecified atom stereocenters. The Morgan fingerprint density at radius 1 is 1.06 bits per heavy atom. The van der Waals surface area contributed by atoms with E-state index >= 15 is 0 Å². The summed E-state index contributed by atoms with van der Waals surface area (Å²) in [7, 11) is 3.10. The molecule has 1 fully saturated rings. The summed E-state index contributed by atoms with van der Waals surface area (Å²) in [6, 6.07) is 9.62. The Morgan fingerprint density at radius 2 is 1.86 bits per heavy atom. The molecule has 5 rings (SSSR count). The van der Waals surface area contributed by atoms with Crippen molar-refractivity contribution in [3.05, 3.63) is 68.5 Å². The lowest BCUT2D eigenvalue weighted by atomic mass is 9.97. The first kappa shape index (κ1) is 23.7. The van der Waals surface area contributed by atoms with Crippen molar-refractivity contribution < 1.29 is 23.4 Å². The number of hydrogen-bond acceptors (Lipinski definition) is 7. The number of benzene rings is 2. The van der Waals surface area contributed by atoms with Crippen LogP contribution in [0.3, 0.4) is 0 Å². The van der Waals surface area contributed by atoms with E-state index in [9.17, 15) is 9.59 Å². The van der Waals surface area contributed by atoms with Gasteiger partial charge in [0.15, 0.2) is 16.9 Å². The van der Waals surface area contributed by atoms with Gasteiger partial charge in [-0.05, 0) is 30.7 Å². The van der Waals surface area contributed by atoms with Gasteiger partial charge < -0.3 is 23.5 Å². The predicted octanol–water partition coefficient (Wildman–Crippen LogP) is 3.73. The number of nitrogens with zero attached hydrogens (tertiary/aromatic N) is 2. The summed E-state index contributed by atoms with van der Waals surface area (Å²) in [5.41, 5.74) is 1.02. The Bertz CT molecular complexity index is 1320. The van der Waals surface area contributed by atoms with E-state index in [0.29, 0.717) is 58.4 Å². The smallest absolute Gasteiger partial charge is 0.290 e. The van der Waals surface area contributed by atoms with Gasteiger partial charge in [0.05, 0.1) is 44.4 Å². The average molecular weight is 499 g/mol. The van der Waals surface area contributed by atoms with Gasteiger partial charge in [-0.2, -0.15) is 0 Å². The van der Waals surface area contributed by atoms with E-state index in [1.807, 2.05) is 12.1 Å². The highest BCUT2D eigenvalue weighted by atomic mass is 35.5. The molecule has 3 heterocycles. The maximum absolute atomic E-state index is 13.7. The number of ether oxygens (including phenoxy) is 3. The van der Waals surface area contributed by atoms with Crippen LogP contribution >= 0.6 is 11.6 Å². The molecule has 0 spiro atoms. The van der Waals surface area contributed by atoms with Crippen LogP contribution in [0.25, 0.3) is 11.0 Å². The lowest BCUT2D eigenvalue weighted by Crippen LogP contribution is -2.39. The molecule has 184 valence electrons. The Hall–Kier alpha value is -3.07. The van der Waals surface area contributed by atoms with Crippen molar-refractivity contribution in [2.24, 2.45) is 0 Å². The molecule has 2 aliphatic rings. The highest BCUT2D eigenvalue weighted by Crippen LogP contribution is 2.44. The minimum Gasteiger partial charge on any atom is -0.493 e. The molecule has 1 atom stereocenters. The van der Waals surface area contributed by atoms with Crippen molar-refractivity contribution in [1.29, 1.82) is 0 Å². The van der Waals surface area contributed by atoms with Crippen LogP contribution in [0, 0.1) is 0 Å². The van der Waals surface area contributed by atoms with E-state index in [0.717, 1.165) is 26.1 Å². The zero-order valence-corrected chi connectivity index (χ0v) is 20.5. The normalized spacial score (nSPS) is 18.2. The number of morpholine rings is 1. The van der Waals surface area contributed by atoms with Gasteiger partial charge in [-0.25, -0.2) is 0 Å². The van der Waals surface area contributed by atoms with Gasteiger partial charge in [-0.1, -0.05) is 23.7 Å². The first-order valence-electron chi connectivity index (χ1n) is 11.6. The van der Waals surface area contributed by atoms with Gasteiger partial charge in [-0.3, -0.25) is 14.5 Å². The second kappa shape index (κ2) is 9.89. The van der Waals surface area contributed by atoms with Crippen molar-refractivity contribution in [2.45, 2.75) is 12.5 Å². The summed E-state index contributed by atoms with van der Waals surface area (Å²) in [4.78, 5) is 31.4. The zero-order valence-electron chi connectivity index (χ0n) is 19.7. The Morgan fingerprint density at radius 3 is 2.60 bits per heavy atom. The molecule has 1 amide bonds. The van der Waals surface area contributed by atoms with Gasteiger partial charge >= 0.3 is 0 Å². The van der Waals surface area contributed by atoms with Crippen LogP contribution in [0.1, 0.15) is 34.1 Å². The second-order valence-electron chi connectivity index (χ2n) is 8.61. The second-order valence-corrected chi connectivity index (χ2v) is 9.04. The summed E-state index contributed by atoms with van der Waals surface area (Å²) in [6.45, 7) is 4.43. The fourth-order valence-corrected chi connectivity index (χ4v) is 5.14. The molecular formula is C26H27ClN2O6. The first-order chi connectivity index (χ1) is 17.0. The maximum Gasteiger partial charge on any atom is 0.290 e. The Labute approximate surface area is 207 Å². The van der Waals surface area contributed by atoms with E-state index < -0.39 is 6.04 Å². The maximum atomic E-state index is 13.7. The third kappa shape index (κ3) is 4.26. The summed E-state index contributed by atoms with van der Waals surface area (Å²) in [5.74, 6) is 0.744. The monoisotopic (exact) mass is 498 g/mol. The van der Waals surface area contributed by atoms with E-state index in [1.54, 1.807) is 43.4 Å². The van der Waals surface area contributed by atoms with Crippen molar-refractivity contribution in [3.63, 3.8) is 0 Å².